The first-order valence-electron chi connectivity index (χ1n) is 5.90. The van der Waals surface area contributed by atoms with Crippen molar-refractivity contribution in [2.45, 2.75) is 12.8 Å². The van der Waals surface area contributed by atoms with E-state index in [4.69, 9.17) is 17.3 Å². The van der Waals surface area contributed by atoms with E-state index >= 15 is 0 Å². The number of nitrogens with zero attached hydrogens (tertiary/aromatic N) is 1. The van der Waals surface area contributed by atoms with Crippen molar-refractivity contribution in [3.05, 3.63) is 27.5 Å². The number of unbranched alkanes of at least 4 members (excludes halogenated alkanes) is 1. The predicted octanol–water partition coefficient (Wildman–Crippen LogP) is 2.99. The topological polar surface area (TPSA) is 68.0 Å². The van der Waals surface area contributed by atoms with Crippen molar-refractivity contribution in [2.75, 3.05) is 13.1 Å². The fourth-order valence-corrected chi connectivity index (χ4v) is 3.40. The summed E-state index contributed by atoms with van der Waals surface area (Å²) >= 11 is 8.79. The van der Waals surface area contributed by atoms with Crippen LogP contribution in [0.2, 0.25) is 4.34 Å². The van der Waals surface area contributed by atoms with Crippen LogP contribution >= 0.6 is 34.3 Å². The molecule has 0 aliphatic rings. The summed E-state index contributed by atoms with van der Waals surface area (Å²) in [5.41, 5.74) is 5.85. The lowest BCUT2D eigenvalue weighted by molar-refractivity contribution is 0.0949. The quantitative estimate of drug-likeness (QED) is 0.805. The van der Waals surface area contributed by atoms with E-state index in [0.29, 0.717) is 18.8 Å². The first-order chi connectivity index (χ1) is 9.20. The van der Waals surface area contributed by atoms with Gasteiger partial charge in [-0.15, -0.1) is 22.7 Å². The zero-order chi connectivity index (χ0) is 13.7. The highest BCUT2D eigenvalue weighted by Gasteiger charge is 2.12. The van der Waals surface area contributed by atoms with Crippen molar-refractivity contribution in [3.8, 4) is 9.88 Å². The minimum Gasteiger partial charge on any atom is -0.351 e. The molecule has 2 rings (SSSR count). The smallest absolute Gasteiger partial charge is 0.270 e. The van der Waals surface area contributed by atoms with Gasteiger partial charge in [0.25, 0.3) is 5.91 Å². The van der Waals surface area contributed by atoms with Gasteiger partial charge in [-0.05, 0) is 31.5 Å². The molecule has 2 aromatic heterocycles. The molecule has 0 spiro atoms. The Balaban J connectivity index is 1.95. The first-order valence-corrected chi connectivity index (χ1v) is 7.97. The molecule has 1 amide bonds. The lowest BCUT2D eigenvalue weighted by atomic mass is 10.3. The fourth-order valence-electron chi connectivity index (χ4n) is 1.48. The van der Waals surface area contributed by atoms with Crippen LogP contribution in [-0.4, -0.2) is 24.0 Å². The van der Waals surface area contributed by atoms with Gasteiger partial charge in [-0.1, -0.05) is 11.6 Å². The van der Waals surface area contributed by atoms with Crippen LogP contribution in [0.25, 0.3) is 9.88 Å². The molecule has 4 nitrogen and oxygen atoms in total. The van der Waals surface area contributed by atoms with Gasteiger partial charge in [0.05, 0.1) is 9.21 Å². The van der Waals surface area contributed by atoms with E-state index < -0.39 is 0 Å². The van der Waals surface area contributed by atoms with E-state index in [9.17, 15) is 4.79 Å². The van der Waals surface area contributed by atoms with Crippen molar-refractivity contribution < 1.29 is 4.79 Å². The highest BCUT2D eigenvalue weighted by molar-refractivity contribution is 7.23. The molecule has 0 aliphatic carbocycles. The van der Waals surface area contributed by atoms with Gasteiger partial charge >= 0.3 is 0 Å². The standard InChI is InChI=1S/C12H14ClN3OS2/c13-10-4-3-9(19-10)12-16-8(7-18-12)11(17)15-6-2-1-5-14/h3-4,7H,1-2,5-6,14H2,(H,15,17). The third kappa shape index (κ3) is 4.01. The summed E-state index contributed by atoms with van der Waals surface area (Å²) in [7, 11) is 0. The summed E-state index contributed by atoms with van der Waals surface area (Å²) in [6.07, 6.45) is 1.80. The van der Waals surface area contributed by atoms with Crippen LogP contribution in [0.1, 0.15) is 23.3 Å². The molecule has 0 unspecified atom stereocenters. The number of hydrogen-bond acceptors (Lipinski definition) is 5. The number of rotatable bonds is 6. The molecule has 3 N–H and O–H groups in total. The first kappa shape index (κ1) is 14.5. The summed E-state index contributed by atoms with van der Waals surface area (Å²) in [6.45, 7) is 1.28. The number of nitrogens with one attached hydrogen (secondary N) is 1. The second kappa shape index (κ2) is 7.00. The molecule has 0 radical (unpaired) electrons. The second-order valence-electron chi connectivity index (χ2n) is 3.89. The fraction of sp³-hybridized carbons (Fsp3) is 0.333. The average molecular weight is 316 g/mol. The molecular formula is C12H14ClN3OS2. The second-order valence-corrected chi connectivity index (χ2v) is 6.47. The van der Waals surface area contributed by atoms with E-state index in [1.54, 1.807) is 5.38 Å². The lowest BCUT2D eigenvalue weighted by Gasteiger charge is -2.01. The molecule has 0 atom stereocenters. The Bertz CT molecular complexity index is 553. The Labute approximate surface area is 124 Å². The van der Waals surface area contributed by atoms with E-state index in [0.717, 1.165) is 27.1 Å². The summed E-state index contributed by atoms with van der Waals surface area (Å²) in [5, 5.41) is 5.42. The summed E-state index contributed by atoms with van der Waals surface area (Å²) in [4.78, 5) is 17.1. The van der Waals surface area contributed by atoms with E-state index in [1.165, 1.54) is 22.7 Å². The van der Waals surface area contributed by atoms with E-state index in [1.807, 2.05) is 12.1 Å². The molecule has 2 heterocycles. The third-order valence-electron chi connectivity index (χ3n) is 2.44. The van der Waals surface area contributed by atoms with Gasteiger partial charge in [-0.25, -0.2) is 4.98 Å². The molecule has 7 heteroatoms. The van der Waals surface area contributed by atoms with Crippen molar-refractivity contribution in [1.82, 2.24) is 10.3 Å². The van der Waals surface area contributed by atoms with Gasteiger partial charge in [0.15, 0.2) is 0 Å². The molecule has 2 aromatic rings. The molecule has 19 heavy (non-hydrogen) atoms. The van der Waals surface area contributed by atoms with Crippen LogP contribution in [0.5, 0.6) is 0 Å². The molecule has 102 valence electrons. The number of halogens is 1. The van der Waals surface area contributed by atoms with Crippen molar-refractivity contribution in [2.24, 2.45) is 5.73 Å². The number of carbonyl (C=O) groups excluding carboxylic acids is 1. The van der Waals surface area contributed by atoms with Crippen molar-refractivity contribution in [1.29, 1.82) is 0 Å². The molecule has 0 fully saturated rings. The Kier molecular flexibility index (Phi) is 5.33. The van der Waals surface area contributed by atoms with Gasteiger partial charge in [-0.3, -0.25) is 4.79 Å². The van der Waals surface area contributed by atoms with Crippen LogP contribution in [0.3, 0.4) is 0 Å². The van der Waals surface area contributed by atoms with Crippen LogP contribution in [-0.2, 0) is 0 Å². The molecule has 0 saturated heterocycles. The number of aromatic nitrogens is 1. The normalized spacial score (nSPS) is 10.6. The summed E-state index contributed by atoms with van der Waals surface area (Å²) in [5.74, 6) is -0.137. The predicted molar refractivity (Wildman–Crippen MR) is 81.1 cm³/mol. The van der Waals surface area contributed by atoms with Gasteiger partial charge in [0.1, 0.15) is 10.7 Å². The van der Waals surface area contributed by atoms with Gasteiger partial charge < -0.3 is 11.1 Å². The number of nitrogens with two attached hydrogens (primary N) is 1. The van der Waals surface area contributed by atoms with Gasteiger partial charge in [0.2, 0.25) is 0 Å². The average Bonchev–Trinajstić information content (AvgIpc) is 3.02. The van der Waals surface area contributed by atoms with E-state index in [-0.39, 0.29) is 5.91 Å². The SMILES string of the molecule is NCCCCNC(=O)c1csc(-c2ccc(Cl)s2)n1. The molecule has 0 bridgehead atoms. The van der Waals surface area contributed by atoms with Crippen molar-refractivity contribution in [3.63, 3.8) is 0 Å². The minimum absolute atomic E-state index is 0.137. The number of thiophene rings is 1. The third-order valence-corrected chi connectivity index (χ3v) is 4.68. The highest BCUT2D eigenvalue weighted by Crippen LogP contribution is 2.32. The lowest BCUT2D eigenvalue weighted by Crippen LogP contribution is -2.25. The summed E-state index contributed by atoms with van der Waals surface area (Å²) in [6, 6.07) is 3.74. The van der Waals surface area contributed by atoms with Crippen LogP contribution in [0, 0.1) is 0 Å². The zero-order valence-corrected chi connectivity index (χ0v) is 12.6. The van der Waals surface area contributed by atoms with Gasteiger partial charge in [0, 0.05) is 11.9 Å². The summed E-state index contributed by atoms with van der Waals surface area (Å²) < 4.78 is 0.720. The van der Waals surface area contributed by atoms with Crippen molar-refractivity contribution >= 4 is 40.2 Å². The number of carbonyl (C=O) groups is 1. The molecule has 0 aliphatic heterocycles. The van der Waals surface area contributed by atoms with Gasteiger partial charge in [-0.2, -0.15) is 0 Å². The minimum atomic E-state index is -0.137. The zero-order valence-electron chi connectivity index (χ0n) is 10.2. The number of hydrogen-bond donors (Lipinski definition) is 2. The number of amides is 1. The monoisotopic (exact) mass is 315 g/mol. The van der Waals surface area contributed by atoms with Crippen LogP contribution in [0.4, 0.5) is 0 Å². The van der Waals surface area contributed by atoms with Crippen LogP contribution in [0.15, 0.2) is 17.5 Å². The Morgan fingerprint density at radius 1 is 1.42 bits per heavy atom. The molecule has 0 saturated carbocycles. The molecule has 0 aromatic carbocycles. The Morgan fingerprint density at radius 3 is 2.95 bits per heavy atom. The maximum atomic E-state index is 11.8. The Hall–Kier alpha value is -0.950. The van der Waals surface area contributed by atoms with Crippen LogP contribution < -0.4 is 11.1 Å². The number of thiazole rings is 1. The largest absolute Gasteiger partial charge is 0.351 e. The maximum Gasteiger partial charge on any atom is 0.270 e. The highest BCUT2D eigenvalue weighted by atomic mass is 35.5. The van der Waals surface area contributed by atoms with E-state index in [2.05, 4.69) is 10.3 Å². The Morgan fingerprint density at radius 2 is 2.26 bits per heavy atom. The maximum absolute atomic E-state index is 11.8. The molecular weight excluding hydrogens is 302 g/mol.